The lowest BCUT2D eigenvalue weighted by atomic mass is 10.2. The zero-order valence-corrected chi connectivity index (χ0v) is 12.1. The van der Waals surface area contributed by atoms with Gasteiger partial charge >= 0.3 is 0 Å². The van der Waals surface area contributed by atoms with Gasteiger partial charge in [0.25, 0.3) is 0 Å². The first-order chi connectivity index (χ1) is 9.13. The molecule has 100 valence electrons. The molecule has 2 N–H and O–H groups in total. The fraction of sp³-hybridized carbons (Fsp3) is 0.214. The van der Waals surface area contributed by atoms with Gasteiger partial charge in [-0.05, 0) is 25.1 Å². The van der Waals surface area contributed by atoms with Crippen molar-refractivity contribution in [2.45, 2.75) is 6.92 Å². The van der Waals surface area contributed by atoms with Gasteiger partial charge in [0.05, 0.1) is 9.90 Å². The van der Waals surface area contributed by atoms with E-state index in [4.69, 9.17) is 22.1 Å². The van der Waals surface area contributed by atoms with Gasteiger partial charge in [-0.3, -0.25) is 4.79 Å². The molecule has 1 heterocycles. The third-order valence-corrected chi connectivity index (χ3v) is 4.17. The fourth-order valence-electron chi connectivity index (χ4n) is 1.65. The first-order valence-electron chi connectivity index (χ1n) is 5.86. The van der Waals surface area contributed by atoms with E-state index in [1.165, 1.54) is 11.3 Å². The Morgan fingerprint density at radius 1 is 1.37 bits per heavy atom. The van der Waals surface area contributed by atoms with Crippen LogP contribution in [0.25, 0.3) is 10.4 Å². The van der Waals surface area contributed by atoms with E-state index in [9.17, 15) is 4.79 Å². The molecule has 0 aliphatic carbocycles. The van der Waals surface area contributed by atoms with Crippen molar-refractivity contribution in [2.75, 3.05) is 13.2 Å². The molecular weight excluding hydrogens is 282 g/mol. The maximum Gasteiger partial charge on any atom is 0.169 e. The lowest BCUT2D eigenvalue weighted by Crippen LogP contribution is -2.10. The Morgan fingerprint density at radius 2 is 2.16 bits per heavy atom. The molecule has 0 aliphatic rings. The van der Waals surface area contributed by atoms with Crippen LogP contribution in [0.3, 0.4) is 0 Å². The van der Waals surface area contributed by atoms with Gasteiger partial charge in [0.15, 0.2) is 5.78 Å². The van der Waals surface area contributed by atoms with Crippen LogP contribution in [0, 0.1) is 0 Å². The number of hydrogen-bond acceptors (Lipinski definition) is 4. The van der Waals surface area contributed by atoms with Gasteiger partial charge in [0.2, 0.25) is 0 Å². The van der Waals surface area contributed by atoms with Crippen LogP contribution in [0.15, 0.2) is 30.3 Å². The van der Waals surface area contributed by atoms with Crippen molar-refractivity contribution in [3.63, 3.8) is 0 Å². The zero-order chi connectivity index (χ0) is 13.8. The number of ketones is 1. The van der Waals surface area contributed by atoms with Crippen LogP contribution < -0.4 is 10.5 Å². The summed E-state index contributed by atoms with van der Waals surface area (Å²) in [5.74, 6) is 0.672. The van der Waals surface area contributed by atoms with Crippen LogP contribution in [-0.2, 0) is 0 Å². The molecule has 0 bridgehead atoms. The smallest absolute Gasteiger partial charge is 0.169 e. The van der Waals surface area contributed by atoms with Crippen LogP contribution in [0.5, 0.6) is 5.75 Å². The highest BCUT2D eigenvalue weighted by Gasteiger charge is 2.12. The molecule has 0 aliphatic heterocycles. The number of ether oxygens (including phenoxy) is 1. The van der Waals surface area contributed by atoms with Gasteiger partial charge < -0.3 is 10.5 Å². The molecule has 1 aromatic carbocycles. The van der Waals surface area contributed by atoms with Crippen LogP contribution >= 0.6 is 22.9 Å². The SMILES string of the molecule is CC(=O)c1ccc(-c2cccc(OCCN)c2Cl)s1. The fourth-order valence-corrected chi connectivity index (χ4v) is 2.92. The van der Waals surface area contributed by atoms with E-state index in [1.807, 2.05) is 24.3 Å². The Bertz CT molecular complexity index is 595. The summed E-state index contributed by atoms with van der Waals surface area (Å²) < 4.78 is 5.48. The van der Waals surface area contributed by atoms with Crippen LogP contribution in [-0.4, -0.2) is 18.9 Å². The largest absolute Gasteiger partial charge is 0.491 e. The van der Waals surface area contributed by atoms with E-state index in [0.29, 0.717) is 23.9 Å². The van der Waals surface area contributed by atoms with E-state index in [0.717, 1.165) is 15.3 Å². The molecule has 3 nitrogen and oxygen atoms in total. The average Bonchev–Trinajstić information content (AvgIpc) is 2.87. The maximum atomic E-state index is 11.3. The minimum atomic E-state index is 0.0582. The molecule has 0 fully saturated rings. The van der Waals surface area contributed by atoms with Gasteiger partial charge in [-0.2, -0.15) is 0 Å². The predicted octanol–water partition coefficient (Wildman–Crippen LogP) is 3.61. The topological polar surface area (TPSA) is 52.3 Å². The van der Waals surface area contributed by atoms with Crippen molar-refractivity contribution in [1.29, 1.82) is 0 Å². The summed E-state index contributed by atoms with van der Waals surface area (Å²) in [6.07, 6.45) is 0. The molecule has 5 heteroatoms. The Hall–Kier alpha value is -1.36. The zero-order valence-electron chi connectivity index (χ0n) is 10.5. The number of carbonyl (C=O) groups is 1. The highest BCUT2D eigenvalue weighted by molar-refractivity contribution is 7.17. The molecule has 2 aromatic rings. The molecule has 1 aromatic heterocycles. The van der Waals surface area contributed by atoms with Crippen LogP contribution in [0.4, 0.5) is 0 Å². The molecule has 0 spiro atoms. The van der Waals surface area contributed by atoms with Crippen molar-refractivity contribution in [3.8, 4) is 16.2 Å². The van der Waals surface area contributed by atoms with E-state index in [2.05, 4.69) is 0 Å². The molecule has 2 rings (SSSR count). The molecule has 0 amide bonds. The maximum absolute atomic E-state index is 11.3. The first kappa shape index (κ1) is 14.1. The summed E-state index contributed by atoms with van der Waals surface area (Å²) in [5.41, 5.74) is 6.28. The van der Waals surface area contributed by atoms with Crippen LogP contribution in [0.1, 0.15) is 16.6 Å². The third-order valence-electron chi connectivity index (χ3n) is 2.56. The summed E-state index contributed by atoms with van der Waals surface area (Å²) >= 11 is 7.75. The lowest BCUT2D eigenvalue weighted by Gasteiger charge is -2.09. The van der Waals surface area contributed by atoms with Crippen molar-refractivity contribution < 1.29 is 9.53 Å². The van der Waals surface area contributed by atoms with E-state index in [1.54, 1.807) is 13.0 Å². The van der Waals surface area contributed by atoms with Gasteiger partial charge in [-0.15, -0.1) is 11.3 Å². The van der Waals surface area contributed by atoms with Gasteiger partial charge in [-0.25, -0.2) is 0 Å². The Kier molecular flexibility index (Phi) is 4.58. The van der Waals surface area contributed by atoms with Crippen molar-refractivity contribution in [3.05, 3.63) is 40.2 Å². The van der Waals surface area contributed by atoms with Crippen molar-refractivity contribution in [2.24, 2.45) is 5.73 Å². The number of Topliss-reactive ketones (excluding diaryl/α,β-unsaturated/α-hetero) is 1. The van der Waals surface area contributed by atoms with Gasteiger partial charge in [0.1, 0.15) is 12.4 Å². The summed E-state index contributed by atoms with van der Waals surface area (Å²) in [7, 11) is 0. The Labute approximate surface area is 121 Å². The predicted molar refractivity (Wildman–Crippen MR) is 79.3 cm³/mol. The van der Waals surface area contributed by atoms with Gasteiger partial charge in [0, 0.05) is 17.0 Å². The van der Waals surface area contributed by atoms with Gasteiger partial charge in [-0.1, -0.05) is 23.7 Å². The van der Waals surface area contributed by atoms with E-state index in [-0.39, 0.29) is 5.78 Å². The second kappa shape index (κ2) is 6.19. The molecule has 0 saturated heterocycles. The highest BCUT2D eigenvalue weighted by atomic mass is 35.5. The molecule has 0 radical (unpaired) electrons. The summed E-state index contributed by atoms with van der Waals surface area (Å²) in [6, 6.07) is 9.30. The molecule has 0 unspecified atom stereocenters. The molecule has 19 heavy (non-hydrogen) atoms. The Morgan fingerprint density at radius 3 is 2.79 bits per heavy atom. The third kappa shape index (κ3) is 3.15. The highest BCUT2D eigenvalue weighted by Crippen LogP contribution is 2.38. The second-order valence-corrected chi connectivity index (χ2v) is 5.44. The summed E-state index contributed by atoms with van der Waals surface area (Å²) in [5, 5.41) is 0.549. The second-order valence-electron chi connectivity index (χ2n) is 3.97. The van der Waals surface area contributed by atoms with Crippen molar-refractivity contribution in [1.82, 2.24) is 0 Å². The van der Waals surface area contributed by atoms with E-state index >= 15 is 0 Å². The number of halogens is 1. The first-order valence-corrected chi connectivity index (χ1v) is 7.05. The van der Waals surface area contributed by atoms with Crippen molar-refractivity contribution >= 4 is 28.7 Å². The minimum Gasteiger partial charge on any atom is -0.491 e. The number of thiophene rings is 1. The number of rotatable bonds is 5. The normalized spacial score (nSPS) is 10.5. The van der Waals surface area contributed by atoms with E-state index < -0.39 is 0 Å². The summed E-state index contributed by atoms with van der Waals surface area (Å²) in [6.45, 7) is 2.42. The quantitative estimate of drug-likeness (QED) is 0.857. The average molecular weight is 296 g/mol. The molecule has 0 atom stereocenters. The number of hydrogen-bond donors (Lipinski definition) is 1. The number of benzene rings is 1. The lowest BCUT2D eigenvalue weighted by molar-refractivity contribution is 0.102. The molecule has 0 saturated carbocycles. The van der Waals surface area contributed by atoms with Crippen LogP contribution in [0.2, 0.25) is 5.02 Å². The number of nitrogens with two attached hydrogens (primary N) is 1. The Balaban J connectivity index is 2.35. The number of carbonyl (C=O) groups excluding carboxylic acids is 1. The monoisotopic (exact) mass is 295 g/mol. The minimum absolute atomic E-state index is 0.0582. The standard InChI is InChI=1S/C14H14ClNO2S/c1-9(17)12-5-6-13(19-12)10-3-2-4-11(14(10)15)18-8-7-16/h2-6H,7-8,16H2,1H3. The summed E-state index contributed by atoms with van der Waals surface area (Å²) in [4.78, 5) is 13.0. The molecular formula is C14H14ClNO2S.